The largest absolute Gasteiger partial charge is 0.322 e. The summed E-state index contributed by atoms with van der Waals surface area (Å²) >= 11 is 0. The number of carbonyl (C=O) groups excluding carboxylic acids is 1. The molecule has 2 N–H and O–H groups in total. The van der Waals surface area contributed by atoms with E-state index < -0.39 is 9.84 Å². The van der Waals surface area contributed by atoms with Gasteiger partial charge in [-0.3, -0.25) is 4.79 Å². The van der Waals surface area contributed by atoms with E-state index in [9.17, 15) is 13.2 Å². The monoisotopic (exact) mass is 422 g/mol. The van der Waals surface area contributed by atoms with Crippen LogP contribution in [-0.4, -0.2) is 26.1 Å². The predicted molar refractivity (Wildman–Crippen MR) is 115 cm³/mol. The number of sulfone groups is 1. The Balaban J connectivity index is 0.00000280. The smallest absolute Gasteiger partial charge is 0.255 e. The molecule has 5 nitrogen and oxygen atoms in total. The first-order chi connectivity index (χ1) is 13.0. The minimum absolute atomic E-state index is 0. The normalized spacial score (nSPS) is 14.5. The predicted octanol–water partition coefficient (Wildman–Crippen LogP) is 4.19. The molecule has 0 radical (unpaired) electrons. The van der Waals surface area contributed by atoms with Crippen molar-refractivity contribution < 1.29 is 13.2 Å². The van der Waals surface area contributed by atoms with E-state index in [1.807, 2.05) is 31.2 Å². The number of nitrogens with one attached hydrogen (secondary N) is 2. The summed E-state index contributed by atoms with van der Waals surface area (Å²) < 4.78 is 25.3. The fraction of sp³-hybridized carbons (Fsp3) is 0.381. The molecular formula is C21H27ClN2O3S. The molecule has 0 heterocycles. The second-order valence-corrected chi connectivity index (χ2v) is 9.10. The standard InChI is InChI=1S/C21H26N2O3S.ClH/c1-2-22-15-17-7-3-6-10-20(17)23-21(24)16-11-13-19(14-12-16)27(25,26)18-8-4-5-9-18;/h3,6-7,10-14,18,22H,2,4-5,8-9,15H2,1H3,(H,23,24);1H. The minimum atomic E-state index is -3.30. The third-order valence-corrected chi connectivity index (χ3v) is 7.30. The van der Waals surface area contributed by atoms with Crippen LogP contribution in [0.25, 0.3) is 0 Å². The van der Waals surface area contributed by atoms with Crippen LogP contribution in [0.5, 0.6) is 0 Å². The molecular weight excluding hydrogens is 396 g/mol. The molecule has 7 heteroatoms. The van der Waals surface area contributed by atoms with Crippen LogP contribution in [0.1, 0.15) is 48.5 Å². The van der Waals surface area contributed by atoms with Gasteiger partial charge in [0.25, 0.3) is 5.91 Å². The van der Waals surface area contributed by atoms with Gasteiger partial charge >= 0.3 is 0 Å². The summed E-state index contributed by atoms with van der Waals surface area (Å²) in [5, 5.41) is 5.89. The van der Waals surface area contributed by atoms with Crippen molar-refractivity contribution in [2.75, 3.05) is 11.9 Å². The van der Waals surface area contributed by atoms with Gasteiger partial charge in [0.15, 0.2) is 9.84 Å². The maximum Gasteiger partial charge on any atom is 0.255 e. The molecule has 0 atom stereocenters. The lowest BCUT2D eigenvalue weighted by Crippen LogP contribution is -2.19. The van der Waals surface area contributed by atoms with Gasteiger partial charge in [0.2, 0.25) is 0 Å². The summed E-state index contributed by atoms with van der Waals surface area (Å²) in [5.41, 5.74) is 2.21. The second kappa shape index (κ2) is 10.0. The van der Waals surface area contributed by atoms with E-state index in [0.717, 1.165) is 43.5 Å². The molecule has 1 aliphatic carbocycles. The quantitative estimate of drug-likeness (QED) is 0.701. The van der Waals surface area contributed by atoms with E-state index in [4.69, 9.17) is 0 Å². The average molecular weight is 423 g/mol. The molecule has 2 aromatic carbocycles. The number of rotatable bonds is 7. The van der Waals surface area contributed by atoms with Gasteiger partial charge in [-0.25, -0.2) is 8.42 Å². The molecule has 0 aliphatic heterocycles. The van der Waals surface area contributed by atoms with Gasteiger partial charge in [-0.2, -0.15) is 0 Å². The lowest BCUT2D eigenvalue weighted by molar-refractivity contribution is 0.102. The van der Waals surface area contributed by atoms with E-state index in [2.05, 4.69) is 10.6 Å². The van der Waals surface area contributed by atoms with Crippen molar-refractivity contribution in [3.63, 3.8) is 0 Å². The van der Waals surface area contributed by atoms with Gasteiger partial charge in [-0.05, 0) is 55.3 Å². The first-order valence-electron chi connectivity index (χ1n) is 9.46. The summed E-state index contributed by atoms with van der Waals surface area (Å²) in [7, 11) is -3.30. The Bertz CT molecular complexity index is 892. The first kappa shape index (κ1) is 22.4. The Kier molecular flexibility index (Phi) is 8.04. The van der Waals surface area contributed by atoms with E-state index >= 15 is 0 Å². The molecule has 1 saturated carbocycles. The molecule has 2 aromatic rings. The summed E-state index contributed by atoms with van der Waals surface area (Å²) in [6, 6.07) is 13.9. The number of hydrogen-bond acceptors (Lipinski definition) is 4. The van der Waals surface area contributed by atoms with Crippen LogP contribution in [0.4, 0.5) is 5.69 Å². The van der Waals surface area contributed by atoms with Crippen LogP contribution in [0.2, 0.25) is 0 Å². The van der Waals surface area contributed by atoms with Crippen LogP contribution in [-0.2, 0) is 16.4 Å². The van der Waals surface area contributed by atoms with Crippen molar-refractivity contribution in [3.8, 4) is 0 Å². The highest BCUT2D eigenvalue weighted by molar-refractivity contribution is 7.92. The Morgan fingerprint density at radius 3 is 2.32 bits per heavy atom. The first-order valence-corrected chi connectivity index (χ1v) is 11.0. The average Bonchev–Trinajstić information content (AvgIpc) is 3.23. The van der Waals surface area contributed by atoms with Crippen molar-refractivity contribution in [1.82, 2.24) is 5.32 Å². The summed E-state index contributed by atoms with van der Waals surface area (Å²) in [6.07, 6.45) is 3.40. The number of carbonyl (C=O) groups is 1. The number of anilines is 1. The van der Waals surface area contributed by atoms with Crippen LogP contribution < -0.4 is 10.6 Å². The number of amides is 1. The summed E-state index contributed by atoms with van der Waals surface area (Å²) in [4.78, 5) is 12.9. The molecule has 0 spiro atoms. The van der Waals surface area contributed by atoms with Gasteiger partial charge < -0.3 is 10.6 Å². The molecule has 28 heavy (non-hydrogen) atoms. The fourth-order valence-electron chi connectivity index (χ4n) is 3.44. The van der Waals surface area contributed by atoms with Crippen LogP contribution in [0.3, 0.4) is 0 Å². The van der Waals surface area contributed by atoms with Crippen LogP contribution in [0, 0.1) is 0 Å². The lowest BCUT2D eigenvalue weighted by Gasteiger charge is -2.13. The Hall–Kier alpha value is -1.89. The third-order valence-electron chi connectivity index (χ3n) is 5.02. The van der Waals surface area contributed by atoms with Gasteiger partial charge in [-0.1, -0.05) is 38.0 Å². The summed E-state index contributed by atoms with van der Waals surface area (Å²) in [6.45, 7) is 3.55. The number of hydrogen-bond donors (Lipinski definition) is 2. The van der Waals surface area contributed by atoms with Crippen molar-refractivity contribution in [3.05, 3.63) is 59.7 Å². The molecule has 0 saturated heterocycles. The highest BCUT2D eigenvalue weighted by Crippen LogP contribution is 2.29. The van der Waals surface area contributed by atoms with Crippen molar-refractivity contribution in [2.24, 2.45) is 0 Å². The Morgan fingerprint density at radius 1 is 1.04 bits per heavy atom. The van der Waals surface area contributed by atoms with Gasteiger partial charge in [0, 0.05) is 17.8 Å². The number of benzene rings is 2. The highest BCUT2D eigenvalue weighted by Gasteiger charge is 2.30. The van der Waals surface area contributed by atoms with E-state index in [1.165, 1.54) is 0 Å². The van der Waals surface area contributed by atoms with E-state index in [-0.39, 0.29) is 23.6 Å². The zero-order valence-electron chi connectivity index (χ0n) is 16.0. The zero-order valence-corrected chi connectivity index (χ0v) is 17.6. The molecule has 1 amide bonds. The lowest BCUT2D eigenvalue weighted by atomic mass is 10.1. The molecule has 3 rings (SSSR count). The molecule has 1 aliphatic rings. The second-order valence-electron chi connectivity index (χ2n) is 6.87. The Morgan fingerprint density at radius 2 is 1.68 bits per heavy atom. The van der Waals surface area contributed by atoms with Crippen molar-refractivity contribution in [1.29, 1.82) is 0 Å². The van der Waals surface area contributed by atoms with E-state index in [0.29, 0.717) is 17.0 Å². The SMILES string of the molecule is CCNCc1ccccc1NC(=O)c1ccc(S(=O)(=O)C2CCCC2)cc1.Cl. The number of para-hydroxylation sites is 1. The van der Waals surface area contributed by atoms with Crippen LogP contribution >= 0.6 is 12.4 Å². The van der Waals surface area contributed by atoms with Crippen molar-refractivity contribution >= 4 is 33.8 Å². The number of halogens is 1. The molecule has 1 fully saturated rings. The van der Waals surface area contributed by atoms with E-state index in [1.54, 1.807) is 24.3 Å². The fourth-order valence-corrected chi connectivity index (χ4v) is 5.29. The maximum atomic E-state index is 12.6. The van der Waals surface area contributed by atoms with Gasteiger partial charge in [0.1, 0.15) is 0 Å². The Labute approximate surface area is 173 Å². The maximum absolute atomic E-state index is 12.6. The van der Waals surface area contributed by atoms with Crippen molar-refractivity contribution in [2.45, 2.75) is 49.3 Å². The highest BCUT2D eigenvalue weighted by atomic mass is 35.5. The van der Waals surface area contributed by atoms with Crippen LogP contribution in [0.15, 0.2) is 53.4 Å². The van der Waals surface area contributed by atoms with Gasteiger partial charge in [-0.15, -0.1) is 12.4 Å². The molecule has 0 unspecified atom stereocenters. The molecule has 0 aromatic heterocycles. The summed E-state index contributed by atoms with van der Waals surface area (Å²) in [5.74, 6) is -0.247. The minimum Gasteiger partial charge on any atom is -0.322 e. The zero-order chi connectivity index (χ0) is 19.3. The van der Waals surface area contributed by atoms with Gasteiger partial charge in [0.05, 0.1) is 10.1 Å². The third kappa shape index (κ3) is 5.13. The molecule has 0 bridgehead atoms. The topological polar surface area (TPSA) is 75.3 Å². The molecule has 152 valence electrons.